The molecule has 5 unspecified atom stereocenters. The fourth-order valence-corrected chi connectivity index (χ4v) is 6.06. The first-order valence-corrected chi connectivity index (χ1v) is 12.2. The van der Waals surface area contributed by atoms with Crippen LogP contribution in [0, 0.1) is 5.41 Å². The normalized spacial score (nSPS) is 25.3. The third-order valence-corrected chi connectivity index (χ3v) is 8.16. The Morgan fingerprint density at radius 3 is 2.70 bits per heavy atom. The van der Waals surface area contributed by atoms with Crippen LogP contribution in [0.5, 0.6) is 0 Å². The third-order valence-electron chi connectivity index (χ3n) is 5.85. The molecule has 5 heteroatoms. The van der Waals surface area contributed by atoms with Crippen molar-refractivity contribution in [3.05, 3.63) is 46.9 Å². The summed E-state index contributed by atoms with van der Waals surface area (Å²) >= 11 is -0.288. The van der Waals surface area contributed by atoms with Crippen LogP contribution in [0.25, 0.3) is 0 Å². The largest absolute Gasteiger partial charge is 0.391 e. The predicted octanol–water partition coefficient (Wildman–Crippen LogP) is 5.77. The molecule has 0 spiro atoms. The first-order valence-electron chi connectivity index (χ1n) is 10.1. The number of thioether (sulfide) groups is 1. The Labute approximate surface area is 171 Å². The minimum absolute atomic E-state index is 0.212. The monoisotopic (exact) mass is 410 g/mol. The van der Waals surface area contributed by atoms with Gasteiger partial charge in [-0.1, -0.05) is 70.1 Å². The molecule has 0 saturated heterocycles. The van der Waals surface area contributed by atoms with E-state index in [-0.39, 0.29) is 10.7 Å². The van der Waals surface area contributed by atoms with Gasteiger partial charge in [-0.3, -0.25) is 0 Å². The fraction of sp³-hybridized carbons (Fsp3) is 0.636. The highest BCUT2D eigenvalue weighted by Crippen LogP contribution is 2.44. The topological polar surface area (TPSA) is 57.5 Å². The first-order chi connectivity index (χ1) is 12.9. The van der Waals surface area contributed by atoms with Crippen molar-refractivity contribution in [2.45, 2.75) is 82.3 Å². The highest BCUT2D eigenvalue weighted by Gasteiger charge is 2.41. The number of allylic oxidation sites excluding steroid dienone is 6. The Hall–Kier alpha value is -0.620. The zero-order valence-electron chi connectivity index (χ0n) is 16.8. The average molecular weight is 411 g/mol. The highest BCUT2D eigenvalue weighted by molar-refractivity contribution is 8.04. The van der Waals surface area contributed by atoms with E-state index in [9.17, 15) is 13.9 Å². The zero-order chi connectivity index (χ0) is 19.9. The Balaban J connectivity index is 2.37. The molecule has 0 heterocycles. The second kappa shape index (κ2) is 10.8. The van der Waals surface area contributed by atoms with Crippen LogP contribution < -0.4 is 0 Å². The number of hydrogen-bond donors (Lipinski definition) is 2. The molecule has 2 aliphatic carbocycles. The smallest absolute Gasteiger partial charge is 0.160 e. The van der Waals surface area contributed by atoms with Crippen molar-refractivity contribution < 1.29 is 13.9 Å². The molecule has 0 aromatic heterocycles. The van der Waals surface area contributed by atoms with E-state index in [0.29, 0.717) is 6.42 Å². The van der Waals surface area contributed by atoms with E-state index in [2.05, 4.69) is 39.0 Å². The van der Waals surface area contributed by atoms with Gasteiger partial charge < -0.3 is 9.66 Å². The highest BCUT2D eigenvalue weighted by atomic mass is 32.2. The molecule has 0 saturated carbocycles. The minimum atomic E-state index is -1.94. The van der Waals surface area contributed by atoms with Gasteiger partial charge in [-0.2, -0.15) is 0 Å². The second-order valence-electron chi connectivity index (χ2n) is 7.78. The summed E-state index contributed by atoms with van der Waals surface area (Å²) < 4.78 is 21.9. The molecule has 2 aliphatic rings. The number of unbranched alkanes of at least 4 members (excludes halogenated alkanes) is 1. The van der Waals surface area contributed by atoms with Gasteiger partial charge in [0.25, 0.3) is 0 Å². The molecule has 0 aliphatic heterocycles. The van der Waals surface area contributed by atoms with E-state index in [1.807, 2.05) is 18.2 Å². The van der Waals surface area contributed by atoms with Crippen molar-refractivity contribution in [1.29, 1.82) is 0 Å². The van der Waals surface area contributed by atoms with Crippen LogP contribution in [0.2, 0.25) is 0 Å². The second-order valence-corrected chi connectivity index (χ2v) is 10.1. The van der Waals surface area contributed by atoms with Crippen LogP contribution in [0.4, 0.5) is 0 Å². The molecule has 2 rings (SSSR count). The molecule has 2 N–H and O–H groups in total. The van der Waals surface area contributed by atoms with Crippen molar-refractivity contribution in [3.63, 3.8) is 0 Å². The lowest BCUT2D eigenvalue weighted by molar-refractivity contribution is 0.0302. The minimum Gasteiger partial charge on any atom is -0.391 e. The number of aliphatic hydroxyl groups is 1. The molecular formula is C22H34O3S2. The number of rotatable bonds is 10. The molecule has 0 fully saturated rings. The van der Waals surface area contributed by atoms with E-state index in [1.54, 1.807) is 11.8 Å². The summed E-state index contributed by atoms with van der Waals surface area (Å²) in [4.78, 5) is 1.15. The Kier molecular flexibility index (Phi) is 9.06. The molecule has 152 valence electrons. The maximum absolute atomic E-state index is 12.0. The van der Waals surface area contributed by atoms with Crippen LogP contribution in [-0.2, 0) is 11.1 Å². The third kappa shape index (κ3) is 5.93. The Bertz CT molecular complexity index is 635. The zero-order valence-corrected chi connectivity index (χ0v) is 18.4. The van der Waals surface area contributed by atoms with Crippen LogP contribution in [0.15, 0.2) is 46.9 Å². The van der Waals surface area contributed by atoms with Gasteiger partial charge in [-0.05, 0) is 43.1 Å². The quantitative estimate of drug-likeness (QED) is 0.449. The van der Waals surface area contributed by atoms with E-state index >= 15 is 0 Å². The van der Waals surface area contributed by atoms with E-state index in [1.165, 1.54) is 0 Å². The summed E-state index contributed by atoms with van der Waals surface area (Å²) in [5.41, 5.74) is 0.683. The van der Waals surface area contributed by atoms with E-state index in [4.69, 9.17) is 0 Å². The van der Waals surface area contributed by atoms with Gasteiger partial charge in [0.15, 0.2) is 11.1 Å². The van der Waals surface area contributed by atoms with Crippen molar-refractivity contribution in [1.82, 2.24) is 0 Å². The van der Waals surface area contributed by atoms with Crippen LogP contribution >= 0.6 is 11.8 Å². The molecule has 3 nitrogen and oxygen atoms in total. The van der Waals surface area contributed by atoms with Gasteiger partial charge in [-0.15, -0.1) is 11.8 Å². The van der Waals surface area contributed by atoms with Crippen molar-refractivity contribution in [2.24, 2.45) is 5.41 Å². The maximum atomic E-state index is 12.0. The lowest BCUT2D eigenvalue weighted by Crippen LogP contribution is -2.43. The first kappa shape index (κ1) is 22.7. The van der Waals surface area contributed by atoms with Gasteiger partial charge in [0.1, 0.15) is 0 Å². The van der Waals surface area contributed by atoms with E-state index < -0.39 is 22.4 Å². The molecule has 27 heavy (non-hydrogen) atoms. The summed E-state index contributed by atoms with van der Waals surface area (Å²) in [6.45, 7) is 6.47. The van der Waals surface area contributed by atoms with Gasteiger partial charge in [0.2, 0.25) is 0 Å². The molecule has 0 amide bonds. The van der Waals surface area contributed by atoms with Crippen molar-refractivity contribution in [2.75, 3.05) is 0 Å². The Morgan fingerprint density at radius 2 is 2.11 bits per heavy atom. The lowest BCUT2D eigenvalue weighted by atomic mass is 9.74. The standard InChI is InChI=1S/C22H34O3S2/c1-4-6-16-22(3,5-2)21(23)20(26-17-12-8-7-9-13-17)18-14-10-11-15-19(18)27(24)25/h8,10-14,19-21,23H,4-7,9,15-16H2,1-3H3,(H,24,25). The van der Waals surface area contributed by atoms with Crippen LogP contribution in [0.1, 0.15) is 65.7 Å². The van der Waals surface area contributed by atoms with Crippen LogP contribution in [-0.4, -0.2) is 30.5 Å². The maximum Gasteiger partial charge on any atom is 0.160 e. The molecule has 5 atom stereocenters. The molecule has 0 aromatic carbocycles. The summed E-state index contributed by atoms with van der Waals surface area (Å²) in [7, 11) is 0. The predicted molar refractivity (Wildman–Crippen MR) is 118 cm³/mol. The molecule has 0 bridgehead atoms. The van der Waals surface area contributed by atoms with E-state index in [0.717, 1.165) is 49.0 Å². The molecule has 0 radical (unpaired) electrons. The van der Waals surface area contributed by atoms with Gasteiger partial charge in [-0.25, -0.2) is 4.21 Å². The molecular weight excluding hydrogens is 376 g/mol. The van der Waals surface area contributed by atoms with Crippen molar-refractivity contribution in [3.8, 4) is 0 Å². The lowest BCUT2D eigenvalue weighted by Gasteiger charge is -2.40. The molecule has 0 aromatic rings. The van der Waals surface area contributed by atoms with Gasteiger partial charge in [0.05, 0.1) is 16.6 Å². The fourth-order valence-electron chi connectivity index (χ4n) is 3.72. The van der Waals surface area contributed by atoms with Crippen LogP contribution in [0.3, 0.4) is 0 Å². The SMILES string of the molecule is CCCCC(C)(CC)C(O)C(SC1=CCCC=C1)C1=CC=CCC1S(=O)O. The summed E-state index contributed by atoms with van der Waals surface area (Å²) in [5.74, 6) is 0. The summed E-state index contributed by atoms with van der Waals surface area (Å²) in [6, 6.07) is 0. The average Bonchev–Trinajstić information content (AvgIpc) is 2.70. The summed E-state index contributed by atoms with van der Waals surface area (Å²) in [5, 5.41) is 10.9. The van der Waals surface area contributed by atoms with Gasteiger partial charge >= 0.3 is 0 Å². The Morgan fingerprint density at radius 1 is 1.33 bits per heavy atom. The summed E-state index contributed by atoms with van der Waals surface area (Å²) in [6.07, 6.45) is 18.4. The number of aliphatic hydroxyl groups excluding tert-OH is 1. The van der Waals surface area contributed by atoms with Crippen molar-refractivity contribution >= 4 is 22.8 Å². The number of hydrogen-bond acceptors (Lipinski definition) is 3. The van der Waals surface area contributed by atoms with Gasteiger partial charge in [0, 0.05) is 4.91 Å².